The van der Waals surface area contributed by atoms with Crippen LogP contribution in [0.4, 0.5) is 5.69 Å². The van der Waals surface area contributed by atoms with E-state index in [0.29, 0.717) is 6.61 Å². The van der Waals surface area contributed by atoms with Crippen molar-refractivity contribution in [3.63, 3.8) is 0 Å². The summed E-state index contributed by atoms with van der Waals surface area (Å²) in [7, 11) is 0. The molecule has 1 atom stereocenters. The van der Waals surface area contributed by atoms with Gasteiger partial charge in [-0.1, -0.05) is 55.8 Å². The Balaban J connectivity index is 1.55. The van der Waals surface area contributed by atoms with Gasteiger partial charge in [-0.25, -0.2) is 0 Å². The van der Waals surface area contributed by atoms with Crippen LogP contribution in [0.2, 0.25) is 0 Å². The number of anilines is 1. The minimum Gasteiger partial charge on any atom is -0.388 e. The second-order valence-electron chi connectivity index (χ2n) is 6.46. The molecule has 0 aromatic heterocycles. The van der Waals surface area contributed by atoms with Gasteiger partial charge in [0.1, 0.15) is 0 Å². The molecule has 0 aliphatic rings. The summed E-state index contributed by atoms with van der Waals surface area (Å²) >= 11 is 0. The Kier molecular flexibility index (Phi) is 9.09. The molecule has 0 heterocycles. The van der Waals surface area contributed by atoms with Crippen molar-refractivity contribution in [2.24, 2.45) is 0 Å². The molecule has 0 aliphatic carbocycles. The van der Waals surface area contributed by atoms with Gasteiger partial charge in [-0.05, 0) is 48.9 Å². The van der Waals surface area contributed by atoms with Crippen LogP contribution < -0.4 is 5.32 Å². The second-order valence-corrected chi connectivity index (χ2v) is 6.46. The first kappa shape index (κ1) is 19.5. The van der Waals surface area contributed by atoms with Crippen molar-refractivity contribution in [2.75, 3.05) is 18.5 Å². The molecular formula is C22H31NO2. The van der Waals surface area contributed by atoms with Crippen LogP contribution in [-0.4, -0.2) is 18.3 Å². The standard InChI is InChI=1S/C22H31NO2/c1-2-10-22(24)20-13-9-14-21(17-20)23-15-7-4-8-16-25-18-19-11-5-3-6-12-19/h3,5-6,9,11-14,17,22-24H,2,4,7-8,10,15-16,18H2,1H3. The fourth-order valence-electron chi connectivity index (χ4n) is 2.80. The number of hydrogen-bond acceptors (Lipinski definition) is 3. The molecule has 0 aliphatic heterocycles. The highest BCUT2D eigenvalue weighted by atomic mass is 16.5. The van der Waals surface area contributed by atoms with E-state index >= 15 is 0 Å². The van der Waals surface area contributed by atoms with Gasteiger partial charge in [0, 0.05) is 18.8 Å². The largest absolute Gasteiger partial charge is 0.388 e. The molecule has 0 amide bonds. The molecular weight excluding hydrogens is 310 g/mol. The van der Waals surface area contributed by atoms with Crippen molar-refractivity contribution >= 4 is 5.69 Å². The lowest BCUT2D eigenvalue weighted by atomic mass is 10.0. The molecule has 0 bridgehead atoms. The number of benzene rings is 2. The summed E-state index contributed by atoms with van der Waals surface area (Å²) in [4.78, 5) is 0. The number of nitrogens with one attached hydrogen (secondary N) is 1. The topological polar surface area (TPSA) is 41.5 Å². The molecule has 0 saturated carbocycles. The fourth-order valence-corrected chi connectivity index (χ4v) is 2.80. The summed E-state index contributed by atoms with van der Waals surface area (Å²) in [5.41, 5.74) is 3.32. The molecule has 1 unspecified atom stereocenters. The van der Waals surface area contributed by atoms with Crippen molar-refractivity contribution < 1.29 is 9.84 Å². The quantitative estimate of drug-likeness (QED) is 0.513. The van der Waals surface area contributed by atoms with E-state index in [0.717, 1.165) is 56.5 Å². The predicted octanol–water partition coefficient (Wildman–Crippen LogP) is 5.32. The Labute approximate surface area is 152 Å². The lowest BCUT2D eigenvalue weighted by molar-refractivity contribution is 0.117. The molecule has 0 fully saturated rings. The Bertz CT molecular complexity index is 586. The highest BCUT2D eigenvalue weighted by molar-refractivity contribution is 5.46. The molecule has 3 nitrogen and oxygen atoms in total. The first-order chi connectivity index (χ1) is 12.3. The molecule has 2 aromatic carbocycles. The van der Waals surface area contributed by atoms with Crippen LogP contribution in [0.15, 0.2) is 54.6 Å². The van der Waals surface area contributed by atoms with Crippen molar-refractivity contribution in [3.8, 4) is 0 Å². The lowest BCUT2D eigenvalue weighted by Crippen LogP contribution is -2.04. The minimum atomic E-state index is -0.353. The third-order valence-electron chi connectivity index (χ3n) is 4.24. The lowest BCUT2D eigenvalue weighted by Gasteiger charge is -2.12. The first-order valence-corrected chi connectivity index (χ1v) is 9.43. The number of aliphatic hydroxyl groups excluding tert-OH is 1. The van der Waals surface area contributed by atoms with E-state index in [-0.39, 0.29) is 6.10 Å². The molecule has 136 valence electrons. The zero-order chi connectivity index (χ0) is 17.7. The number of aliphatic hydroxyl groups is 1. The molecule has 2 rings (SSSR count). The zero-order valence-corrected chi connectivity index (χ0v) is 15.3. The maximum atomic E-state index is 10.1. The Morgan fingerprint density at radius 3 is 2.64 bits per heavy atom. The summed E-state index contributed by atoms with van der Waals surface area (Å²) in [5.74, 6) is 0. The van der Waals surface area contributed by atoms with Crippen LogP contribution in [0, 0.1) is 0 Å². The molecule has 0 saturated heterocycles. The van der Waals surface area contributed by atoms with Crippen molar-refractivity contribution in [1.29, 1.82) is 0 Å². The van der Waals surface area contributed by atoms with Crippen molar-refractivity contribution in [1.82, 2.24) is 0 Å². The third-order valence-corrected chi connectivity index (χ3v) is 4.24. The molecule has 3 heteroatoms. The monoisotopic (exact) mass is 341 g/mol. The average Bonchev–Trinajstić information content (AvgIpc) is 2.65. The summed E-state index contributed by atoms with van der Waals surface area (Å²) < 4.78 is 5.70. The van der Waals surface area contributed by atoms with Gasteiger partial charge in [-0.15, -0.1) is 0 Å². The van der Waals surface area contributed by atoms with Gasteiger partial charge >= 0.3 is 0 Å². The van der Waals surface area contributed by atoms with Crippen LogP contribution in [0.1, 0.15) is 56.3 Å². The second kappa shape index (κ2) is 11.7. The van der Waals surface area contributed by atoms with E-state index in [1.165, 1.54) is 5.56 Å². The first-order valence-electron chi connectivity index (χ1n) is 9.43. The van der Waals surface area contributed by atoms with E-state index in [9.17, 15) is 5.11 Å². The Morgan fingerprint density at radius 2 is 1.84 bits per heavy atom. The minimum absolute atomic E-state index is 0.353. The van der Waals surface area contributed by atoms with E-state index < -0.39 is 0 Å². The Morgan fingerprint density at radius 1 is 1.00 bits per heavy atom. The van der Waals surface area contributed by atoms with Gasteiger partial charge < -0.3 is 15.2 Å². The summed E-state index contributed by atoms with van der Waals surface area (Å²) in [6.45, 7) is 4.56. The highest BCUT2D eigenvalue weighted by Crippen LogP contribution is 2.21. The SMILES string of the molecule is CCCC(O)c1cccc(NCCCCCOCc2ccccc2)c1. The number of hydrogen-bond donors (Lipinski definition) is 2. The molecule has 2 N–H and O–H groups in total. The van der Waals surface area contributed by atoms with E-state index in [4.69, 9.17) is 4.74 Å². The molecule has 0 spiro atoms. The predicted molar refractivity (Wildman–Crippen MR) is 105 cm³/mol. The average molecular weight is 341 g/mol. The number of rotatable bonds is 12. The van der Waals surface area contributed by atoms with Crippen molar-refractivity contribution in [3.05, 3.63) is 65.7 Å². The number of unbranched alkanes of at least 4 members (excludes halogenated alkanes) is 2. The Hall–Kier alpha value is -1.84. The van der Waals surface area contributed by atoms with Crippen LogP contribution in [0.25, 0.3) is 0 Å². The van der Waals surface area contributed by atoms with Gasteiger partial charge in [0.05, 0.1) is 12.7 Å². The van der Waals surface area contributed by atoms with Gasteiger partial charge in [0.15, 0.2) is 0 Å². The van der Waals surface area contributed by atoms with Crippen LogP contribution >= 0.6 is 0 Å². The van der Waals surface area contributed by atoms with Gasteiger partial charge in [0.2, 0.25) is 0 Å². The third kappa shape index (κ3) is 7.72. The normalized spacial score (nSPS) is 12.1. The molecule has 0 radical (unpaired) electrons. The summed E-state index contributed by atoms with van der Waals surface area (Å²) in [5, 5.41) is 13.5. The molecule has 2 aromatic rings. The van der Waals surface area contributed by atoms with E-state index in [1.807, 2.05) is 30.3 Å². The summed E-state index contributed by atoms with van der Waals surface area (Å²) in [6, 6.07) is 18.4. The maximum absolute atomic E-state index is 10.1. The van der Waals surface area contributed by atoms with Gasteiger partial charge in [-0.3, -0.25) is 0 Å². The van der Waals surface area contributed by atoms with Crippen LogP contribution in [0.3, 0.4) is 0 Å². The fraction of sp³-hybridized carbons (Fsp3) is 0.455. The van der Waals surface area contributed by atoms with Crippen molar-refractivity contribution in [2.45, 2.75) is 51.7 Å². The van der Waals surface area contributed by atoms with E-state index in [2.05, 4.69) is 36.5 Å². The van der Waals surface area contributed by atoms with Crippen LogP contribution in [0.5, 0.6) is 0 Å². The maximum Gasteiger partial charge on any atom is 0.0790 e. The van der Waals surface area contributed by atoms with Crippen LogP contribution in [-0.2, 0) is 11.3 Å². The zero-order valence-electron chi connectivity index (χ0n) is 15.3. The van der Waals surface area contributed by atoms with E-state index in [1.54, 1.807) is 0 Å². The highest BCUT2D eigenvalue weighted by Gasteiger charge is 2.06. The molecule has 25 heavy (non-hydrogen) atoms. The van der Waals surface area contributed by atoms with Gasteiger partial charge in [0.25, 0.3) is 0 Å². The van der Waals surface area contributed by atoms with Gasteiger partial charge in [-0.2, -0.15) is 0 Å². The number of ether oxygens (including phenoxy) is 1. The smallest absolute Gasteiger partial charge is 0.0790 e. The summed E-state index contributed by atoms with van der Waals surface area (Å²) in [6.07, 6.45) is 4.81.